The second-order valence-electron chi connectivity index (χ2n) is 7.45. The Labute approximate surface area is 202 Å². The molecule has 34 heavy (non-hydrogen) atoms. The number of rotatable bonds is 8. The van der Waals surface area contributed by atoms with E-state index in [4.69, 9.17) is 16.7 Å². The van der Waals surface area contributed by atoms with E-state index >= 15 is 0 Å². The van der Waals surface area contributed by atoms with Gasteiger partial charge in [-0.25, -0.2) is 18.6 Å². The van der Waals surface area contributed by atoms with Crippen molar-refractivity contribution in [3.63, 3.8) is 0 Å². The summed E-state index contributed by atoms with van der Waals surface area (Å²) in [6.45, 7) is 3.25. The van der Waals surface area contributed by atoms with Gasteiger partial charge in [-0.3, -0.25) is 9.10 Å². The van der Waals surface area contributed by atoms with Gasteiger partial charge in [-0.2, -0.15) is 5.10 Å². The zero-order chi connectivity index (χ0) is 24.9. The molecule has 0 atom stereocenters. The summed E-state index contributed by atoms with van der Waals surface area (Å²) in [4.78, 5) is 23.5. The Morgan fingerprint density at radius 2 is 1.65 bits per heavy atom. The number of hydrogen-bond acceptors (Lipinski definition) is 5. The van der Waals surface area contributed by atoms with Crippen LogP contribution in [0.25, 0.3) is 0 Å². The van der Waals surface area contributed by atoms with E-state index in [1.807, 2.05) is 13.8 Å². The number of hydrazone groups is 1. The summed E-state index contributed by atoms with van der Waals surface area (Å²) in [5, 5.41) is 13.2. The quantitative estimate of drug-likeness (QED) is 0.359. The van der Waals surface area contributed by atoms with Crippen molar-refractivity contribution in [2.75, 3.05) is 10.8 Å². The second-order valence-corrected chi connectivity index (χ2v) is 9.75. The third-order valence-electron chi connectivity index (χ3n) is 5.03. The molecule has 0 heterocycles. The van der Waals surface area contributed by atoms with Crippen LogP contribution in [0.5, 0.6) is 0 Å². The number of amides is 1. The standard InChI is InChI=1S/C24H22ClN3O5S/c1-16-3-10-21(13-17(16)2)28(34(32,33)22-11-8-20(25)9-12-22)15-23(29)27-26-14-18-4-6-19(7-5-18)24(30)31/h3-14H,15H2,1-2H3,(H,27,29)(H,30,31). The van der Waals surface area contributed by atoms with Crippen LogP contribution in [0.4, 0.5) is 5.69 Å². The van der Waals surface area contributed by atoms with Crippen LogP contribution in [0.1, 0.15) is 27.0 Å². The third kappa shape index (κ3) is 6.00. The highest BCUT2D eigenvalue weighted by Crippen LogP contribution is 2.26. The third-order valence-corrected chi connectivity index (χ3v) is 7.07. The summed E-state index contributed by atoms with van der Waals surface area (Å²) in [5.41, 5.74) is 5.19. The summed E-state index contributed by atoms with van der Waals surface area (Å²) in [6, 6.07) is 16.7. The van der Waals surface area contributed by atoms with Crippen molar-refractivity contribution in [1.82, 2.24) is 5.43 Å². The smallest absolute Gasteiger partial charge is 0.335 e. The molecule has 8 nitrogen and oxygen atoms in total. The fourth-order valence-corrected chi connectivity index (χ4v) is 4.52. The van der Waals surface area contributed by atoms with Gasteiger partial charge in [0.15, 0.2) is 0 Å². The summed E-state index contributed by atoms with van der Waals surface area (Å²) in [7, 11) is -4.08. The Morgan fingerprint density at radius 3 is 2.24 bits per heavy atom. The first-order valence-corrected chi connectivity index (χ1v) is 11.9. The molecular formula is C24H22ClN3O5S. The summed E-state index contributed by atoms with van der Waals surface area (Å²) in [5.74, 6) is -1.71. The van der Waals surface area contributed by atoms with Crippen molar-refractivity contribution >= 4 is 45.4 Å². The summed E-state index contributed by atoms with van der Waals surface area (Å²) in [6.07, 6.45) is 1.33. The molecule has 0 aliphatic heterocycles. The molecule has 0 saturated heterocycles. The Morgan fingerprint density at radius 1 is 1.00 bits per heavy atom. The number of carbonyl (C=O) groups excluding carboxylic acids is 1. The number of carbonyl (C=O) groups is 2. The molecule has 0 radical (unpaired) electrons. The van der Waals surface area contributed by atoms with Crippen LogP contribution in [0.2, 0.25) is 5.02 Å². The number of nitrogens with zero attached hydrogens (tertiary/aromatic N) is 2. The number of carboxylic acid groups (broad SMARTS) is 1. The molecule has 3 aromatic rings. The Kier molecular flexibility index (Phi) is 7.70. The first-order chi connectivity index (χ1) is 16.1. The normalized spacial score (nSPS) is 11.4. The number of aryl methyl sites for hydroxylation is 2. The first-order valence-electron chi connectivity index (χ1n) is 10.1. The highest BCUT2D eigenvalue weighted by atomic mass is 35.5. The maximum atomic E-state index is 13.4. The van der Waals surface area contributed by atoms with Crippen LogP contribution in [0, 0.1) is 13.8 Å². The molecule has 1 amide bonds. The van der Waals surface area contributed by atoms with Crippen LogP contribution in [0.15, 0.2) is 76.7 Å². The highest BCUT2D eigenvalue weighted by Gasteiger charge is 2.27. The number of sulfonamides is 1. The average Bonchev–Trinajstić information content (AvgIpc) is 2.80. The molecule has 0 bridgehead atoms. The minimum atomic E-state index is -4.08. The lowest BCUT2D eigenvalue weighted by Crippen LogP contribution is -2.39. The highest BCUT2D eigenvalue weighted by molar-refractivity contribution is 7.92. The number of halogens is 1. The van der Waals surface area contributed by atoms with Gasteiger partial charge in [-0.1, -0.05) is 29.8 Å². The van der Waals surface area contributed by atoms with Crippen molar-refractivity contribution in [1.29, 1.82) is 0 Å². The number of hydrogen-bond donors (Lipinski definition) is 2. The first kappa shape index (κ1) is 24.9. The lowest BCUT2D eigenvalue weighted by atomic mass is 10.1. The molecular weight excluding hydrogens is 478 g/mol. The molecule has 0 unspecified atom stereocenters. The van der Waals surface area contributed by atoms with E-state index in [-0.39, 0.29) is 10.5 Å². The van der Waals surface area contributed by atoms with Crippen molar-refractivity contribution in [3.05, 3.63) is 94.0 Å². The van der Waals surface area contributed by atoms with Gasteiger partial charge in [0, 0.05) is 5.02 Å². The molecule has 0 aromatic heterocycles. The summed E-state index contributed by atoms with van der Waals surface area (Å²) >= 11 is 5.90. The maximum Gasteiger partial charge on any atom is 0.335 e. The Balaban J connectivity index is 1.83. The zero-order valence-corrected chi connectivity index (χ0v) is 20.0. The molecule has 2 N–H and O–H groups in total. The van der Waals surface area contributed by atoms with E-state index < -0.39 is 28.4 Å². The largest absolute Gasteiger partial charge is 0.478 e. The van der Waals surface area contributed by atoms with E-state index in [0.29, 0.717) is 16.3 Å². The minimum absolute atomic E-state index is 0.00931. The Hall–Kier alpha value is -3.69. The van der Waals surface area contributed by atoms with Crippen LogP contribution in [-0.4, -0.2) is 38.2 Å². The number of anilines is 1. The molecule has 0 saturated carbocycles. The average molecular weight is 500 g/mol. The Bertz CT molecular complexity index is 1340. The van der Waals surface area contributed by atoms with Gasteiger partial charge < -0.3 is 5.11 Å². The predicted octanol–water partition coefficient (Wildman–Crippen LogP) is 4.00. The predicted molar refractivity (Wildman–Crippen MR) is 131 cm³/mol. The van der Waals surface area contributed by atoms with Gasteiger partial charge in [0.1, 0.15) is 6.54 Å². The molecule has 0 aliphatic rings. The SMILES string of the molecule is Cc1ccc(N(CC(=O)NN=Cc2ccc(C(=O)O)cc2)S(=O)(=O)c2ccc(Cl)cc2)cc1C. The van der Waals surface area contributed by atoms with Crippen LogP contribution in [0.3, 0.4) is 0 Å². The van der Waals surface area contributed by atoms with E-state index in [1.165, 1.54) is 54.7 Å². The maximum absolute atomic E-state index is 13.4. The van der Waals surface area contributed by atoms with Crippen LogP contribution >= 0.6 is 11.6 Å². The van der Waals surface area contributed by atoms with Gasteiger partial charge in [-0.05, 0) is 79.1 Å². The van der Waals surface area contributed by atoms with Gasteiger partial charge in [0.2, 0.25) is 0 Å². The molecule has 0 fully saturated rings. The molecule has 0 aliphatic carbocycles. The number of nitrogens with one attached hydrogen (secondary N) is 1. The van der Waals surface area contributed by atoms with Crippen molar-refractivity contribution in [2.24, 2.45) is 5.10 Å². The van der Waals surface area contributed by atoms with E-state index in [2.05, 4.69) is 10.5 Å². The molecule has 10 heteroatoms. The minimum Gasteiger partial charge on any atom is -0.478 e. The topological polar surface area (TPSA) is 116 Å². The second kappa shape index (κ2) is 10.5. The lowest BCUT2D eigenvalue weighted by molar-refractivity contribution is -0.119. The van der Waals surface area contributed by atoms with Crippen LogP contribution in [-0.2, 0) is 14.8 Å². The van der Waals surface area contributed by atoms with Gasteiger partial charge in [0.25, 0.3) is 15.9 Å². The number of aromatic carboxylic acids is 1. The van der Waals surface area contributed by atoms with E-state index in [9.17, 15) is 18.0 Å². The van der Waals surface area contributed by atoms with Crippen molar-refractivity contribution < 1.29 is 23.1 Å². The van der Waals surface area contributed by atoms with Gasteiger partial charge >= 0.3 is 5.97 Å². The number of carboxylic acids is 1. The molecule has 0 spiro atoms. The van der Waals surface area contributed by atoms with Gasteiger partial charge in [-0.15, -0.1) is 0 Å². The van der Waals surface area contributed by atoms with Gasteiger partial charge in [0.05, 0.1) is 22.4 Å². The van der Waals surface area contributed by atoms with Crippen molar-refractivity contribution in [2.45, 2.75) is 18.7 Å². The number of benzene rings is 3. The molecule has 176 valence electrons. The van der Waals surface area contributed by atoms with E-state index in [0.717, 1.165) is 15.4 Å². The van der Waals surface area contributed by atoms with Crippen LogP contribution < -0.4 is 9.73 Å². The fraction of sp³-hybridized carbons (Fsp3) is 0.125. The zero-order valence-electron chi connectivity index (χ0n) is 18.4. The monoisotopic (exact) mass is 499 g/mol. The molecule has 3 rings (SSSR count). The molecule has 3 aromatic carbocycles. The van der Waals surface area contributed by atoms with E-state index in [1.54, 1.807) is 18.2 Å². The lowest BCUT2D eigenvalue weighted by Gasteiger charge is -2.24. The van der Waals surface area contributed by atoms with Crippen molar-refractivity contribution in [3.8, 4) is 0 Å². The fourth-order valence-electron chi connectivity index (χ4n) is 2.99. The summed E-state index contributed by atoms with van der Waals surface area (Å²) < 4.78 is 27.8.